The van der Waals surface area contributed by atoms with E-state index in [1.54, 1.807) is 23.2 Å². The number of hydrogen-bond donors (Lipinski definition) is 0. The van der Waals surface area contributed by atoms with Gasteiger partial charge in [0, 0.05) is 5.56 Å². The lowest BCUT2D eigenvalue weighted by Crippen LogP contribution is -2.28. The molecule has 3 aromatic carbocycles. The second-order valence-corrected chi connectivity index (χ2v) is 7.03. The Kier molecular flexibility index (Phi) is 4.98. The number of amidine groups is 1. The Hall–Kier alpha value is -2.99. The van der Waals surface area contributed by atoms with Crippen molar-refractivity contribution in [1.29, 1.82) is 0 Å². The zero-order chi connectivity index (χ0) is 18.6. The van der Waals surface area contributed by atoms with Crippen molar-refractivity contribution in [2.75, 3.05) is 5.75 Å². The van der Waals surface area contributed by atoms with Gasteiger partial charge in [-0.05, 0) is 28.5 Å². The predicted molar refractivity (Wildman–Crippen MR) is 108 cm³/mol. The Bertz CT molecular complexity index is 1040. The predicted octanol–water partition coefficient (Wildman–Crippen LogP) is 4.44. The smallest absolute Gasteiger partial charge is 0.239 e. The van der Waals surface area contributed by atoms with E-state index in [1.807, 2.05) is 30.3 Å². The average Bonchev–Trinajstić information content (AvgIpc) is 3.03. The minimum Gasteiger partial charge on any atom is -0.285 e. The Morgan fingerprint density at radius 1 is 1.04 bits per heavy atom. The van der Waals surface area contributed by atoms with Gasteiger partial charge in [0.25, 0.3) is 0 Å². The third-order valence-electron chi connectivity index (χ3n) is 4.27. The molecule has 1 saturated heterocycles. The van der Waals surface area contributed by atoms with Gasteiger partial charge in [-0.15, -0.1) is 5.10 Å². The fourth-order valence-corrected chi connectivity index (χ4v) is 3.74. The molecule has 6 heteroatoms. The van der Waals surface area contributed by atoms with Crippen LogP contribution in [0.4, 0.5) is 4.39 Å². The first-order chi connectivity index (χ1) is 13.2. The highest BCUT2D eigenvalue weighted by atomic mass is 32.2. The zero-order valence-electron chi connectivity index (χ0n) is 14.4. The SMILES string of the molecule is O=C1CS/C(=N\N=C/c2cccc3ccccc23)N1Cc1ccc(F)cc1. The molecule has 1 fully saturated rings. The topological polar surface area (TPSA) is 45.0 Å². The van der Waals surface area contributed by atoms with Crippen LogP contribution in [0.2, 0.25) is 0 Å². The molecule has 0 N–H and O–H groups in total. The molecule has 0 unspecified atom stereocenters. The number of nitrogens with zero attached hydrogens (tertiary/aromatic N) is 3. The van der Waals surface area contributed by atoms with E-state index in [4.69, 9.17) is 0 Å². The molecule has 3 aromatic rings. The van der Waals surface area contributed by atoms with Crippen molar-refractivity contribution in [2.24, 2.45) is 10.2 Å². The molecule has 0 aliphatic carbocycles. The Morgan fingerprint density at radius 2 is 1.81 bits per heavy atom. The first-order valence-corrected chi connectivity index (χ1v) is 9.46. The molecular formula is C21H16FN3OS. The van der Waals surface area contributed by atoms with Gasteiger partial charge >= 0.3 is 0 Å². The van der Waals surface area contributed by atoms with Crippen molar-refractivity contribution >= 4 is 39.8 Å². The molecule has 0 spiro atoms. The van der Waals surface area contributed by atoms with E-state index >= 15 is 0 Å². The summed E-state index contributed by atoms with van der Waals surface area (Å²) in [4.78, 5) is 13.7. The third kappa shape index (κ3) is 3.90. The van der Waals surface area contributed by atoms with Crippen LogP contribution in [0.3, 0.4) is 0 Å². The van der Waals surface area contributed by atoms with Gasteiger partial charge in [-0.3, -0.25) is 9.69 Å². The lowest BCUT2D eigenvalue weighted by atomic mass is 10.1. The molecule has 0 atom stereocenters. The van der Waals surface area contributed by atoms with Crippen LogP contribution in [-0.2, 0) is 11.3 Å². The fraction of sp³-hybridized carbons (Fsp3) is 0.0952. The highest BCUT2D eigenvalue weighted by Crippen LogP contribution is 2.22. The van der Waals surface area contributed by atoms with Gasteiger partial charge in [0.05, 0.1) is 18.5 Å². The minimum absolute atomic E-state index is 0.0246. The van der Waals surface area contributed by atoms with Crippen LogP contribution in [0, 0.1) is 5.82 Å². The van der Waals surface area contributed by atoms with Crippen LogP contribution in [0.5, 0.6) is 0 Å². The van der Waals surface area contributed by atoms with Gasteiger partial charge in [0.1, 0.15) is 5.82 Å². The van der Waals surface area contributed by atoms with Crippen LogP contribution >= 0.6 is 11.8 Å². The summed E-state index contributed by atoms with van der Waals surface area (Å²) in [6.07, 6.45) is 1.70. The number of hydrogen-bond acceptors (Lipinski definition) is 4. The van der Waals surface area contributed by atoms with Crippen LogP contribution in [-0.4, -0.2) is 27.9 Å². The van der Waals surface area contributed by atoms with Gasteiger partial charge in [0.15, 0.2) is 5.17 Å². The number of thioether (sulfide) groups is 1. The van der Waals surface area contributed by atoms with Crippen molar-refractivity contribution < 1.29 is 9.18 Å². The molecule has 1 amide bonds. The van der Waals surface area contributed by atoms with E-state index in [-0.39, 0.29) is 11.7 Å². The third-order valence-corrected chi connectivity index (χ3v) is 5.23. The second kappa shape index (κ2) is 7.72. The highest BCUT2D eigenvalue weighted by Gasteiger charge is 2.28. The van der Waals surface area contributed by atoms with Crippen molar-refractivity contribution in [2.45, 2.75) is 6.54 Å². The van der Waals surface area contributed by atoms with Crippen molar-refractivity contribution in [1.82, 2.24) is 4.90 Å². The van der Waals surface area contributed by atoms with Crippen LogP contribution in [0.1, 0.15) is 11.1 Å². The number of carbonyl (C=O) groups excluding carboxylic acids is 1. The molecule has 27 heavy (non-hydrogen) atoms. The molecule has 134 valence electrons. The summed E-state index contributed by atoms with van der Waals surface area (Å²) in [6.45, 7) is 0.356. The molecule has 0 aromatic heterocycles. The molecule has 4 nitrogen and oxygen atoms in total. The first kappa shape index (κ1) is 17.4. The number of halogens is 1. The van der Waals surface area contributed by atoms with Crippen LogP contribution in [0.15, 0.2) is 76.9 Å². The summed E-state index contributed by atoms with van der Waals surface area (Å²) in [5.74, 6) is 0.0157. The molecule has 0 radical (unpaired) electrons. The maximum atomic E-state index is 13.1. The first-order valence-electron chi connectivity index (χ1n) is 8.47. The number of benzene rings is 3. The number of carbonyl (C=O) groups is 1. The standard InChI is InChI=1S/C21H16FN3OS/c22-18-10-8-15(9-11-18)13-25-20(26)14-27-21(25)24-23-12-17-6-3-5-16-4-1-2-7-19(16)17/h1-12H,13-14H2/b23-12-,24-21-. The summed E-state index contributed by atoms with van der Waals surface area (Å²) in [7, 11) is 0. The van der Waals surface area contributed by atoms with Crippen molar-refractivity contribution in [3.63, 3.8) is 0 Å². The van der Waals surface area contributed by atoms with Gasteiger partial charge < -0.3 is 0 Å². The van der Waals surface area contributed by atoms with Gasteiger partial charge in [-0.2, -0.15) is 5.10 Å². The molecule has 1 aliphatic rings. The lowest BCUT2D eigenvalue weighted by Gasteiger charge is -2.15. The summed E-state index contributed by atoms with van der Waals surface area (Å²) >= 11 is 1.36. The zero-order valence-corrected chi connectivity index (χ0v) is 15.2. The van der Waals surface area contributed by atoms with Gasteiger partial charge in [0.2, 0.25) is 5.91 Å². The number of amides is 1. The van der Waals surface area contributed by atoms with E-state index in [9.17, 15) is 9.18 Å². The average molecular weight is 377 g/mol. The monoisotopic (exact) mass is 377 g/mol. The van der Waals surface area contributed by atoms with Crippen LogP contribution in [0.25, 0.3) is 10.8 Å². The molecule has 0 saturated carbocycles. The fourth-order valence-electron chi connectivity index (χ4n) is 2.90. The van der Waals surface area contributed by atoms with Crippen molar-refractivity contribution in [3.8, 4) is 0 Å². The summed E-state index contributed by atoms with van der Waals surface area (Å²) in [5, 5.41) is 11.2. The Balaban J connectivity index is 1.55. The maximum Gasteiger partial charge on any atom is 0.239 e. The van der Waals surface area contributed by atoms with Crippen molar-refractivity contribution in [3.05, 3.63) is 83.7 Å². The van der Waals surface area contributed by atoms with E-state index < -0.39 is 0 Å². The highest BCUT2D eigenvalue weighted by molar-refractivity contribution is 8.15. The molecule has 1 aliphatic heterocycles. The molecule has 4 rings (SSSR count). The van der Waals surface area contributed by atoms with E-state index in [0.29, 0.717) is 17.5 Å². The van der Waals surface area contributed by atoms with E-state index in [2.05, 4.69) is 22.3 Å². The maximum absolute atomic E-state index is 13.1. The summed E-state index contributed by atoms with van der Waals surface area (Å²) in [5.41, 5.74) is 1.81. The van der Waals surface area contributed by atoms with Gasteiger partial charge in [-0.25, -0.2) is 4.39 Å². The molecule has 1 heterocycles. The quantitative estimate of drug-likeness (QED) is 0.498. The largest absolute Gasteiger partial charge is 0.285 e. The molecular weight excluding hydrogens is 361 g/mol. The van der Waals surface area contributed by atoms with E-state index in [1.165, 1.54) is 23.9 Å². The Morgan fingerprint density at radius 3 is 2.67 bits per heavy atom. The van der Waals surface area contributed by atoms with Crippen LogP contribution < -0.4 is 0 Å². The summed E-state index contributed by atoms with van der Waals surface area (Å²) < 4.78 is 13.1. The lowest BCUT2D eigenvalue weighted by molar-refractivity contribution is -0.124. The normalized spacial score (nSPS) is 16.1. The Labute approximate surface area is 160 Å². The summed E-state index contributed by atoms with van der Waals surface area (Å²) in [6, 6.07) is 20.2. The van der Waals surface area contributed by atoms with Gasteiger partial charge in [-0.1, -0.05) is 66.4 Å². The molecule has 0 bridgehead atoms. The number of fused-ring (bicyclic) bond motifs is 1. The van der Waals surface area contributed by atoms with E-state index in [0.717, 1.165) is 21.9 Å². The number of rotatable bonds is 4. The minimum atomic E-state index is -0.297. The second-order valence-electron chi connectivity index (χ2n) is 6.09.